The van der Waals surface area contributed by atoms with Crippen molar-refractivity contribution in [1.82, 2.24) is 4.90 Å². The van der Waals surface area contributed by atoms with E-state index in [-0.39, 0.29) is 10.8 Å². The van der Waals surface area contributed by atoms with Crippen LogP contribution < -0.4 is 10.2 Å². The van der Waals surface area contributed by atoms with Gasteiger partial charge in [0.15, 0.2) is 9.84 Å². The predicted molar refractivity (Wildman–Crippen MR) is 111 cm³/mol. The molecular weight excluding hydrogens is 374 g/mol. The number of carbonyl (C=O) groups is 1. The molecule has 2 aromatic rings. The Bertz CT molecular complexity index is 961. The Kier molecular flexibility index (Phi) is 5.12. The lowest BCUT2D eigenvalue weighted by Crippen LogP contribution is -2.47. The van der Waals surface area contributed by atoms with Gasteiger partial charge >= 0.3 is 0 Å². The van der Waals surface area contributed by atoms with Gasteiger partial charge in [-0.3, -0.25) is 9.69 Å². The van der Waals surface area contributed by atoms with Crippen LogP contribution in [0, 0.1) is 0 Å². The van der Waals surface area contributed by atoms with Crippen LogP contribution in [0.1, 0.15) is 23.2 Å². The van der Waals surface area contributed by atoms with Crippen molar-refractivity contribution in [2.45, 2.75) is 23.8 Å². The Balaban J connectivity index is 1.38. The highest BCUT2D eigenvalue weighted by Gasteiger charge is 2.31. The number of carbonyl (C=O) groups excluding carboxylic acids is 1. The van der Waals surface area contributed by atoms with E-state index in [1.807, 2.05) is 24.3 Å². The average molecular weight is 400 g/mol. The lowest BCUT2D eigenvalue weighted by Gasteiger charge is -2.36. The minimum atomic E-state index is -3.34. The van der Waals surface area contributed by atoms with Crippen LogP contribution in [0.15, 0.2) is 53.4 Å². The van der Waals surface area contributed by atoms with Gasteiger partial charge in [0, 0.05) is 55.4 Å². The monoisotopic (exact) mass is 399 g/mol. The molecule has 7 heteroatoms. The summed E-state index contributed by atoms with van der Waals surface area (Å²) in [5.41, 5.74) is 2.17. The molecule has 148 valence electrons. The van der Waals surface area contributed by atoms with E-state index < -0.39 is 9.84 Å². The molecular formula is C21H25N3O3S. The summed E-state index contributed by atoms with van der Waals surface area (Å²) in [7, 11) is -3.34. The van der Waals surface area contributed by atoms with Crippen molar-refractivity contribution in [2.75, 3.05) is 42.7 Å². The summed E-state index contributed by atoms with van der Waals surface area (Å²) >= 11 is 0. The fourth-order valence-corrected chi connectivity index (χ4v) is 4.28. The summed E-state index contributed by atoms with van der Waals surface area (Å²) < 4.78 is 23.4. The van der Waals surface area contributed by atoms with Gasteiger partial charge < -0.3 is 10.2 Å². The molecule has 2 aliphatic rings. The van der Waals surface area contributed by atoms with Crippen LogP contribution in [0.4, 0.5) is 11.4 Å². The Morgan fingerprint density at radius 2 is 1.68 bits per heavy atom. The van der Waals surface area contributed by atoms with Crippen molar-refractivity contribution in [1.29, 1.82) is 0 Å². The average Bonchev–Trinajstić information content (AvgIpc) is 3.53. The highest BCUT2D eigenvalue weighted by Crippen LogP contribution is 2.28. The van der Waals surface area contributed by atoms with Crippen molar-refractivity contribution in [3.8, 4) is 0 Å². The van der Waals surface area contributed by atoms with Gasteiger partial charge in [0.2, 0.25) is 0 Å². The highest BCUT2D eigenvalue weighted by molar-refractivity contribution is 7.90. The first-order valence-corrected chi connectivity index (χ1v) is 11.5. The third kappa shape index (κ3) is 4.36. The quantitative estimate of drug-likeness (QED) is 0.837. The molecule has 1 saturated carbocycles. The second-order valence-corrected chi connectivity index (χ2v) is 9.57. The number of hydrogen-bond acceptors (Lipinski definition) is 5. The van der Waals surface area contributed by atoms with E-state index in [1.54, 1.807) is 12.1 Å². The van der Waals surface area contributed by atoms with Crippen molar-refractivity contribution < 1.29 is 13.2 Å². The van der Waals surface area contributed by atoms with Gasteiger partial charge in [-0.2, -0.15) is 0 Å². The van der Waals surface area contributed by atoms with Gasteiger partial charge in [0.05, 0.1) is 4.90 Å². The SMILES string of the molecule is CS(=O)(=O)c1cccc(C(=O)Nc2ccc(N3CCN(C4CC4)CC3)cc2)c1. The molecule has 4 rings (SSSR count). The third-order valence-electron chi connectivity index (χ3n) is 5.39. The van der Waals surface area contributed by atoms with Gasteiger partial charge in [0.25, 0.3) is 5.91 Å². The number of sulfone groups is 1. The number of nitrogens with one attached hydrogen (secondary N) is 1. The summed E-state index contributed by atoms with van der Waals surface area (Å²) in [6.07, 6.45) is 3.83. The normalized spacial score (nSPS) is 18.1. The molecule has 2 aromatic carbocycles. The largest absolute Gasteiger partial charge is 0.369 e. The summed E-state index contributed by atoms with van der Waals surface area (Å²) in [5.74, 6) is -0.323. The lowest BCUT2D eigenvalue weighted by atomic mass is 10.2. The van der Waals surface area contributed by atoms with Crippen LogP contribution in [0.25, 0.3) is 0 Å². The fourth-order valence-electron chi connectivity index (χ4n) is 3.61. The first kappa shape index (κ1) is 19.0. The molecule has 1 N–H and O–H groups in total. The summed E-state index contributed by atoms with van der Waals surface area (Å²) in [4.78, 5) is 17.6. The van der Waals surface area contributed by atoms with Crippen molar-refractivity contribution >= 4 is 27.1 Å². The molecule has 1 heterocycles. The number of nitrogens with zero attached hydrogens (tertiary/aromatic N) is 2. The second-order valence-electron chi connectivity index (χ2n) is 7.56. The Morgan fingerprint density at radius 3 is 2.29 bits per heavy atom. The van der Waals surface area contributed by atoms with Crippen LogP contribution in [-0.4, -0.2) is 57.7 Å². The zero-order chi connectivity index (χ0) is 19.7. The van der Waals surface area contributed by atoms with Crippen LogP contribution in [0.5, 0.6) is 0 Å². The van der Waals surface area contributed by atoms with E-state index in [1.165, 1.54) is 25.0 Å². The van der Waals surface area contributed by atoms with E-state index in [0.717, 1.165) is 44.2 Å². The number of rotatable bonds is 5. The van der Waals surface area contributed by atoms with Crippen LogP contribution in [0.3, 0.4) is 0 Å². The molecule has 1 aliphatic carbocycles. The van der Waals surface area contributed by atoms with Gasteiger partial charge in [0.1, 0.15) is 0 Å². The first-order chi connectivity index (χ1) is 13.4. The molecule has 0 spiro atoms. The van der Waals surface area contributed by atoms with Crippen molar-refractivity contribution in [3.05, 3.63) is 54.1 Å². The van der Waals surface area contributed by atoms with Crippen molar-refractivity contribution in [3.63, 3.8) is 0 Å². The molecule has 0 radical (unpaired) electrons. The molecule has 1 amide bonds. The van der Waals surface area contributed by atoms with Gasteiger partial charge in [-0.25, -0.2) is 8.42 Å². The van der Waals surface area contributed by atoms with E-state index in [4.69, 9.17) is 0 Å². The topological polar surface area (TPSA) is 69.7 Å². The molecule has 6 nitrogen and oxygen atoms in total. The van der Waals surface area contributed by atoms with Crippen LogP contribution >= 0.6 is 0 Å². The number of hydrogen-bond donors (Lipinski definition) is 1. The van der Waals surface area contributed by atoms with Gasteiger partial charge in [-0.15, -0.1) is 0 Å². The maximum atomic E-state index is 12.5. The molecule has 0 aromatic heterocycles. The van der Waals surface area contributed by atoms with Crippen molar-refractivity contribution in [2.24, 2.45) is 0 Å². The fraction of sp³-hybridized carbons (Fsp3) is 0.381. The molecule has 28 heavy (non-hydrogen) atoms. The Hall–Kier alpha value is -2.38. The summed E-state index contributed by atoms with van der Waals surface area (Å²) in [6, 6.07) is 14.7. The van der Waals surface area contributed by atoms with E-state index >= 15 is 0 Å². The summed E-state index contributed by atoms with van der Waals surface area (Å²) in [6.45, 7) is 4.28. The Labute approximate surface area is 166 Å². The lowest BCUT2D eigenvalue weighted by molar-refractivity contribution is 0.102. The van der Waals surface area contributed by atoms with Crippen LogP contribution in [0.2, 0.25) is 0 Å². The highest BCUT2D eigenvalue weighted by atomic mass is 32.2. The third-order valence-corrected chi connectivity index (χ3v) is 6.50. The molecule has 1 aliphatic heterocycles. The van der Waals surface area contributed by atoms with Gasteiger partial charge in [-0.05, 0) is 55.3 Å². The second kappa shape index (κ2) is 7.56. The predicted octanol–water partition coefficient (Wildman–Crippen LogP) is 2.63. The molecule has 0 unspecified atom stereocenters. The zero-order valence-electron chi connectivity index (χ0n) is 16.0. The minimum Gasteiger partial charge on any atom is -0.369 e. The molecule has 1 saturated heterocycles. The zero-order valence-corrected chi connectivity index (χ0v) is 16.8. The standard InChI is InChI=1S/C21H25N3O3S/c1-28(26,27)20-4-2-3-16(15-20)21(25)22-17-5-7-18(8-6-17)23-11-13-24(14-12-23)19-9-10-19/h2-8,15,19H,9-14H2,1H3,(H,22,25). The first-order valence-electron chi connectivity index (χ1n) is 9.61. The molecule has 0 bridgehead atoms. The maximum Gasteiger partial charge on any atom is 0.255 e. The van der Waals surface area contributed by atoms with Gasteiger partial charge in [-0.1, -0.05) is 6.07 Å². The smallest absolute Gasteiger partial charge is 0.255 e. The van der Waals surface area contributed by atoms with E-state index in [0.29, 0.717) is 11.3 Å². The Morgan fingerprint density at radius 1 is 1.00 bits per heavy atom. The van der Waals surface area contributed by atoms with E-state index in [2.05, 4.69) is 15.1 Å². The minimum absolute atomic E-state index is 0.140. The molecule has 0 atom stereocenters. The number of piperazine rings is 1. The van der Waals surface area contributed by atoms with Crippen LogP contribution in [-0.2, 0) is 9.84 Å². The number of amides is 1. The van der Waals surface area contributed by atoms with E-state index in [9.17, 15) is 13.2 Å². The molecule has 2 fully saturated rings. The number of anilines is 2. The maximum absolute atomic E-state index is 12.5. The number of benzene rings is 2. The summed E-state index contributed by atoms with van der Waals surface area (Å²) in [5, 5.41) is 2.84.